The second kappa shape index (κ2) is 9.04. The van der Waals surface area contributed by atoms with E-state index >= 15 is 0 Å². The Bertz CT molecular complexity index is 240. The van der Waals surface area contributed by atoms with Crippen molar-refractivity contribution in [1.29, 1.82) is 0 Å². The molecule has 0 aromatic heterocycles. The van der Waals surface area contributed by atoms with E-state index in [1.165, 1.54) is 45.2 Å². The highest BCUT2D eigenvalue weighted by Gasteiger charge is 2.33. The third kappa shape index (κ3) is 5.73. The number of nitrogens with zero attached hydrogens (tertiary/aromatic N) is 1. The van der Waals surface area contributed by atoms with Crippen molar-refractivity contribution < 1.29 is 0 Å². The van der Waals surface area contributed by atoms with Gasteiger partial charge < -0.3 is 5.32 Å². The van der Waals surface area contributed by atoms with Gasteiger partial charge in [-0.25, -0.2) is 0 Å². The highest BCUT2D eigenvalue weighted by Crippen LogP contribution is 2.31. The Morgan fingerprint density at radius 1 is 1.05 bits per heavy atom. The molecule has 0 heterocycles. The van der Waals surface area contributed by atoms with Crippen LogP contribution in [0.4, 0.5) is 0 Å². The minimum atomic E-state index is 0.695. The van der Waals surface area contributed by atoms with Crippen molar-refractivity contribution in [1.82, 2.24) is 10.2 Å². The number of nitrogens with one attached hydrogen (secondary N) is 1. The van der Waals surface area contributed by atoms with E-state index in [1.54, 1.807) is 0 Å². The maximum absolute atomic E-state index is 3.60. The maximum Gasteiger partial charge on any atom is 0.0252 e. The lowest BCUT2D eigenvalue weighted by Gasteiger charge is -2.44. The molecular formula is C18H38N2. The van der Waals surface area contributed by atoms with Gasteiger partial charge in [0.1, 0.15) is 0 Å². The lowest BCUT2D eigenvalue weighted by atomic mass is 9.79. The molecule has 0 aromatic rings. The highest BCUT2D eigenvalue weighted by atomic mass is 15.2. The fourth-order valence-electron chi connectivity index (χ4n) is 3.93. The van der Waals surface area contributed by atoms with Gasteiger partial charge in [0.2, 0.25) is 0 Å². The van der Waals surface area contributed by atoms with Crippen LogP contribution in [0.2, 0.25) is 0 Å². The molecule has 1 fully saturated rings. The summed E-state index contributed by atoms with van der Waals surface area (Å²) in [6.45, 7) is 14.3. The third-order valence-electron chi connectivity index (χ3n) is 4.66. The zero-order chi connectivity index (χ0) is 15.1. The van der Waals surface area contributed by atoms with Gasteiger partial charge in [-0.3, -0.25) is 4.90 Å². The number of rotatable bonds is 8. The van der Waals surface area contributed by atoms with E-state index in [0.717, 1.165) is 23.8 Å². The summed E-state index contributed by atoms with van der Waals surface area (Å²) in [5.41, 5.74) is 0. The van der Waals surface area contributed by atoms with Crippen molar-refractivity contribution in [2.24, 2.45) is 17.8 Å². The first-order valence-corrected chi connectivity index (χ1v) is 8.89. The lowest BCUT2D eigenvalue weighted by molar-refractivity contribution is 0.0765. The topological polar surface area (TPSA) is 15.3 Å². The Balaban J connectivity index is 2.75. The van der Waals surface area contributed by atoms with Crippen molar-refractivity contribution in [3.8, 4) is 0 Å². The molecule has 20 heavy (non-hydrogen) atoms. The first-order chi connectivity index (χ1) is 9.47. The predicted molar refractivity (Wildman–Crippen MR) is 90.1 cm³/mol. The summed E-state index contributed by atoms with van der Waals surface area (Å²) in [5.74, 6) is 2.48. The van der Waals surface area contributed by atoms with E-state index in [-0.39, 0.29) is 0 Å². The normalized spacial score (nSPS) is 27.8. The van der Waals surface area contributed by atoms with Crippen LogP contribution in [0.25, 0.3) is 0 Å². The van der Waals surface area contributed by atoms with Crippen LogP contribution < -0.4 is 5.32 Å². The molecule has 2 nitrogen and oxygen atoms in total. The lowest BCUT2D eigenvalue weighted by Crippen LogP contribution is -2.54. The van der Waals surface area contributed by atoms with Crippen LogP contribution in [0, 0.1) is 17.8 Å². The van der Waals surface area contributed by atoms with Gasteiger partial charge in [-0.05, 0) is 44.1 Å². The quantitative estimate of drug-likeness (QED) is 0.719. The Kier molecular flexibility index (Phi) is 8.13. The fraction of sp³-hybridized carbons (Fsp3) is 1.00. The molecule has 0 aliphatic heterocycles. The summed E-state index contributed by atoms with van der Waals surface area (Å²) in [5, 5.41) is 3.60. The van der Waals surface area contributed by atoms with Gasteiger partial charge in [-0.1, -0.05) is 47.5 Å². The molecule has 0 aromatic carbocycles. The van der Waals surface area contributed by atoms with E-state index in [0.29, 0.717) is 6.04 Å². The van der Waals surface area contributed by atoms with E-state index in [9.17, 15) is 0 Å². The first kappa shape index (κ1) is 18.0. The first-order valence-electron chi connectivity index (χ1n) is 8.89. The van der Waals surface area contributed by atoms with Gasteiger partial charge in [0.25, 0.3) is 0 Å². The van der Waals surface area contributed by atoms with E-state index in [1.807, 2.05) is 0 Å². The summed E-state index contributed by atoms with van der Waals surface area (Å²) in [4.78, 5) is 2.79. The summed E-state index contributed by atoms with van der Waals surface area (Å²) in [7, 11) is 2.15. The van der Waals surface area contributed by atoms with E-state index < -0.39 is 0 Å². The Morgan fingerprint density at radius 3 is 2.10 bits per heavy atom. The van der Waals surface area contributed by atoms with Crippen LogP contribution >= 0.6 is 0 Å². The van der Waals surface area contributed by atoms with Crippen molar-refractivity contribution >= 4 is 0 Å². The largest absolute Gasteiger partial charge is 0.315 e. The molecule has 3 atom stereocenters. The van der Waals surface area contributed by atoms with Crippen LogP contribution in [-0.4, -0.2) is 37.1 Å². The zero-order valence-electron chi connectivity index (χ0n) is 14.8. The fourth-order valence-corrected chi connectivity index (χ4v) is 3.93. The number of hydrogen-bond donors (Lipinski definition) is 1. The predicted octanol–water partition coefficient (Wildman–Crippen LogP) is 4.16. The Morgan fingerprint density at radius 2 is 1.65 bits per heavy atom. The molecule has 0 bridgehead atoms. The van der Waals surface area contributed by atoms with Crippen molar-refractivity contribution in [2.75, 3.05) is 20.1 Å². The van der Waals surface area contributed by atoms with Crippen molar-refractivity contribution in [2.45, 2.75) is 78.8 Å². The monoisotopic (exact) mass is 282 g/mol. The number of hydrogen-bond acceptors (Lipinski definition) is 2. The molecule has 1 aliphatic rings. The highest BCUT2D eigenvalue weighted by molar-refractivity contribution is 4.91. The summed E-state index contributed by atoms with van der Waals surface area (Å²) < 4.78 is 0. The van der Waals surface area contributed by atoms with Gasteiger partial charge in [-0.15, -0.1) is 0 Å². The molecule has 120 valence electrons. The van der Waals surface area contributed by atoms with Crippen molar-refractivity contribution in [3.63, 3.8) is 0 Å². The Hall–Kier alpha value is -0.0800. The molecule has 1 N–H and O–H groups in total. The summed E-state index contributed by atoms with van der Waals surface area (Å²) >= 11 is 0. The molecule has 1 aliphatic carbocycles. The smallest absolute Gasteiger partial charge is 0.0252 e. The van der Waals surface area contributed by atoms with Gasteiger partial charge in [0.15, 0.2) is 0 Å². The zero-order valence-corrected chi connectivity index (χ0v) is 14.8. The molecule has 1 rings (SSSR count). The summed E-state index contributed by atoms with van der Waals surface area (Å²) in [6, 6.07) is 1.44. The second-order valence-electron chi connectivity index (χ2n) is 7.67. The summed E-state index contributed by atoms with van der Waals surface area (Å²) in [6.07, 6.45) is 6.95. The van der Waals surface area contributed by atoms with Crippen molar-refractivity contribution in [3.05, 3.63) is 0 Å². The Labute approximate surface area is 127 Å². The van der Waals surface area contributed by atoms with Crippen LogP contribution in [0.15, 0.2) is 0 Å². The molecule has 1 saturated carbocycles. The standard InChI is InChI=1S/C18H38N2/c1-7-8-16-9-10-17(19-6)18(11-16)20(12-14(2)3)13-15(4)5/h14-19H,7-13H2,1-6H3. The van der Waals surface area contributed by atoms with Crippen LogP contribution in [-0.2, 0) is 0 Å². The SMILES string of the molecule is CCCC1CCC(NC)C(N(CC(C)C)CC(C)C)C1. The number of likely N-dealkylation sites (N-methyl/N-ethyl adjacent to an activating group) is 1. The van der Waals surface area contributed by atoms with Gasteiger partial charge >= 0.3 is 0 Å². The van der Waals surface area contributed by atoms with E-state index in [4.69, 9.17) is 0 Å². The van der Waals surface area contributed by atoms with Gasteiger partial charge in [0, 0.05) is 25.2 Å². The third-order valence-corrected chi connectivity index (χ3v) is 4.66. The average molecular weight is 283 g/mol. The second-order valence-corrected chi connectivity index (χ2v) is 7.67. The average Bonchev–Trinajstić information content (AvgIpc) is 2.37. The molecule has 0 radical (unpaired) electrons. The van der Waals surface area contributed by atoms with Crippen LogP contribution in [0.5, 0.6) is 0 Å². The van der Waals surface area contributed by atoms with Gasteiger partial charge in [0.05, 0.1) is 0 Å². The minimum Gasteiger partial charge on any atom is -0.315 e. The molecule has 0 saturated heterocycles. The maximum atomic E-state index is 3.60. The minimum absolute atomic E-state index is 0.695. The molecule has 0 spiro atoms. The molecular weight excluding hydrogens is 244 g/mol. The van der Waals surface area contributed by atoms with Crippen LogP contribution in [0.3, 0.4) is 0 Å². The van der Waals surface area contributed by atoms with Gasteiger partial charge in [-0.2, -0.15) is 0 Å². The molecule has 3 unspecified atom stereocenters. The van der Waals surface area contributed by atoms with E-state index in [2.05, 4.69) is 51.9 Å². The molecule has 2 heteroatoms. The van der Waals surface area contributed by atoms with Crippen LogP contribution in [0.1, 0.15) is 66.7 Å². The molecule has 0 amide bonds.